The fraction of sp³-hybridized carbons (Fsp3) is 0.667. The van der Waals surface area contributed by atoms with Crippen molar-refractivity contribution < 1.29 is 9.90 Å². The molecule has 0 spiro atoms. The normalized spacial score (nSPS) is 12.1. The monoisotopic (exact) mass is 224 g/mol. The Morgan fingerprint density at radius 1 is 1.50 bits per heavy atom. The van der Waals surface area contributed by atoms with Crippen LogP contribution < -0.4 is 0 Å². The van der Waals surface area contributed by atoms with Gasteiger partial charge in [-0.05, 0) is 33.1 Å². The van der Waals surface area contributed by atoms with Crippen molar-refractivity contribution in [1.82, 2.24) is 9.78 Å². The maximum atomic E-state index is 11.1. The van der Waals surface area contributed by atoms with Crippen LogP contribution in [-0.4, -0.2) is 20.9 Å². The van der Waals surface area contributed by atoms with Crippen LogP contribution in [0.15, 0.2) is 6.20 Å². The second-order valence-electron chi connectivity index (χ2n) is 5.49. The number of aromatic carboxylic acids is 1. The van der Waals surface area contributed by atoms with E-state index in [2.05, 4.69) is 18.9 Å². The van der Waals surface area contributed by atoms with Crippen LogP contribution in [0.4, 0.5) is 0 Å². The third kappa shape index (κ3) is 2.62. The number of carboxylic acids is 1. The SMILES string of the molecule is CC(C)Cc1c(C(=O)O)cnn1C(C)(C)C. The van der Waals surface area contributed by atoms with Crippen LogP contribution >= 0.6 is 0 Å². The summed E-state index contributed by atoms with van der Waals surface area (Å²) in [5.41, 5.74) is 0.955. The van der Waals surface area contributed by atoms with Crippen LogP contribution in [0, 0.1) is 5.92 Å². The van der Waals surface area contributed by atoms with Crippen LogP contribution in [0.2, 0.25) is 0 Å². The van der Waals surface area contributed by atoms with Gasteiger partial charge in [0.25, 0.3) is 0 Å². The van der Waals surface area contributed by atoms with E-state index in [1.54, 1.807) is 0 Å². The number of aromatic nitrogens is 2. The lowest BCUT2D eigenvalue weighted by molar-refractivity contribution is 0.0695. The summed E-state index contributed by atoms with van der Waals surface area (Å²) >= 11 is 0. The van der Waals surface area contributed by atoms with Crippen LogP contribution in [0.3, 0.4) is 0 Å². The first-order valence-electron chi connectivity index (χ1n) is 5.54. The summed E-state index contributed by atoms with van der Waals surface area (Å²) in [6.07, 6.45) is 2.18. The molecule has 0 unspecified atom stereocenters. The van der Waals surface area contributed by atoms with E-state index in [9.17, 15) is 4.79 Å². The summed E-state index contributed by atoms with van der Waals surface area (Å²) in [5.74, 6) is -0.484. The molecule has 4 heteroatoms. The third-order valence-corrected chi connectivity index (χ3v) is 2.34. The number of hydrogen-bond acceptors (Lipinski definition) is 2. The summed E-state index contributed by atoms with van der Waals surface area (Å²) in [6, 6.07) is 0. The molecule has 1 N–H and O–H groups in total. The highest BCUT2D eigenvalue weighted by Gasteiger charge is 2.24. The predicted molar refractivity (Wildman–Crippen MR) is 62.7 cm³/mol. The summed E-state index contributed by atoms with van der Waals surface area (Å²) in [6.45, 7) is 10.2. The quantitative estimate of drug-likeness (QED) is 0.858. The molecular formula is C12H20N2O2. The Bertz CT molecular complexity index is 386. The minimum Gasteiger partial charge on any atom is -0.478 e. The highest BCUT2D eigenvalue weighted by Crippen LogP contribution is 2.21. The predicted octanol–water partition coefficient (Wildman–Crippen LogP) is 2.53. The van der Waals surface area contributed by atoms with Gasteiger partial charge in [-0.1, -0.05) is 13.8 Å². The minimum atomic E-state index is -0.897. The summed E-state index contributed by atoms with van der Waals surface area (Å²) < 4.78 is 1.82. The molecule has 0 aromatic carbocycles. The molecule has 4 nitrogen and oxygen atoms in total. The van der Waals surface area contributed by atoms with E-state index < -0.39 is 5.97 Å². The maximum Gasteiger partial charge on any atom is 0.339 e. The first kappa shape index (κ1) is 12.7. The highest BCUT2D eigenvalue weighted by atomic mass is 16.4. The van der Waals surface area contributed by atoms with Crippen molar-refractivity contribution >= 4 is 5.97 Å². The van der Waals surface area contributed by atoms with Gasteiger partial charge in [-0.2, -0.15) is 5.10 Å². The number of carboxylic acid groups (broad SMARTS) is 1. The Balaban J connectivity index is 3.25. The number of nitrogens with zero attached hydrogens (tertiary/aromatic N) is 2. The van der Waals surface area contributed by atoms with Crippen LogP contribution in [0.5, 0.6) is 0 Å². The molecule has 16 heavy (non-hydrogen) atoms. The van der Waals surface area contributed by atoms with Gasteiger partial charge in [-0.25, -0.2) is 4.79 Å². The van der Waals surface area contributed by atoms with E-state index in [1.807, 2.05) is 25.5 Å². The molecular weight excluding hydrogens is 204 g/mol. The molecule has 0 aliphatic carbocycles. The van der Waals surface area contributed by atoms with E-state index in [0.29, 0.717) is 11.5 Å². The lowest BCUT2D eigenvalue weighted by Crippen LogP contribution is -2.26. The lowest BCUT2D eigenvalue weighted by Gasteiger charge is -2.23. The molecule has 0 saturated carbocycles. The van der Waals surface area contributed by atoms with Gasteiger partial charge in [-0.3, -0.25) is 4.68 Å². The Hall–Kier alpha value is -1.32. The standard InChI is InChI=1S/C12H20N2O2/c1-8(2)6-10-9(11(15)16)7-13-14(10)12(3,4)5/h7-8H,6H2,1-5H3,(H,15,16). The molecule has 1 heterocycles. The van der Waals surface area contributed by atoms with Gasteiger partial charge in [0.05, 0.1) is 17.4 Å². The first-order chi connectivity index (χ1) is 7.23. The number of rotatable bonds is 3. The molecule has 1 aromatic heterocycles. The molecule has 0 bridgehead atoms. The zero-order valence-electron chi connectivity index (χ0n) is 10.6. The molecule has 1 rings (SSSR count). The Morgan fingerprint density at radius 2 is 2.06 bits per heavy atom. The highest BCUT2D eigenvalue weighted by molar-refractivity contribution is 5.88. The second kappa shape index (κ2) is 4.28. The smallest absolute Gasteiger partial charge is 0.339 e. The summed E-state index contributed by atoms with van der Waals surface area (Å²) in [4.78, 5) is 11.1. The molecule has 0 aliphatic heterocycles. The third-order valence-electron chi connectivity index (χ3n) is 2.34. The molecule has 90 valence electrons. The van der Waals surface area contributed by atoms with Crippen molar-refractivity contribution in [3.05, 3.63) is 17.5 Å². The lowest BCUT2D eigenvalue weighted by atomic mass is 10.0. The van der Waals surface area contributed by atoms with Crippen molar-refractivity contribution in [2.45, 2.75) is 46.6 Å². The zero-order chi connectivity index (χ0) is 12.5. The van der Waals surface area contributed by atoms with Gasteiger partial charge in [0, 0.05) is 0 Å². The van der Waals surface area contributed by atoms with E-state index >= 15 is 0 Å². The Labute approximate surface area is 96.3 Å². The van der Waals surface area contributed by atoms with Crippen LogP contribution in [0.1, 0.15) is 50.7 Å². The van der Waals surface area contributed by atoms with Crippen LogP contribution in [-0.2, 0) is 12.0 Å². The van der Waals surface area contributed by atoms with Gasteiger partial charge < -0.3 is 5.11 Å². The molecule has 1 aromatic rings. The van der Waals surface area contributed by atoms with Crippen molar-refractivity contribution in [2.24, 2.45) is 5.92 Å². The fourth-order valence-corrected chi connectivity index (χ4v) is 1.71. The number of hydrogen-bond donors (Lipinski definition) is 1. The average Bonchev–Trinajstić information content (AvgIpc) is 2.45. The van der Waals surface area contributed by atoms with E-state index in [1.165, 1.54) is 6.20 Å². The molecule has 0 saturated heterocycles. The first-order valence-corrected chi connectivity index (χ1v) is 5.54. The second-order valence-corrected chi connectivity index (χ2v) is 5.49. The number of carbonyl (C=O) groups is 1. The minimum absolute atomic E-state index is 0.183. The molecule has 0 amide bonds. The molecule has 0 atom stereocenters. The molecule has 0 aliphatic rings. The topological polar surface area (TPSA) is 55.1 Å². The Morgan fingerprint density at radius 3 is 2.44 bits per heavy atom. The van der Waals surface area contributed by atoms with Crippen molar-refractivity contribution in [3.63, 3.8) is 0 Å². The van der Waals surface area contributed by atoms with Gasteiger partial charge in [0.15, 0.2) is 0 Å². The van der Waals surface area contributed by atoms with Crippen LogP contribution in [0.25, 0.3) is 0 Å². The molecule has 0 radical (unpaired) electrons. The van der Waals surface area contributed by atoms with E-state index in [-0.39, 0.29) is 5.54 Å². The van der Waals surface area contributed by atoms with Gasteiger partial charge in [0.2, 0.25) is 0 Å². The van der Waals surface area contributed by atoms with Gasteiger partial charge in [-0.15, -0.1) is 0 Å². The summed E-state index contributed by atoms with van der Waals surface area (Å²) in [7, 11) is 0. The van der Waals surface area contributed by atoms with E-state index in [0.717, 1.165) is 12.1 Å². The summed E-state index contributed by atoms with van der Waals surface area (Å²) in [5, 5.41) is 13.3. The van der Waals surface area contributed by atoms with Crippen molar-refractivity contribution in [2.75, 3.05) is 0 Å². The largest absolute Gasteiger partial charge is 0.478 e. The maximum absolute atomic E-state index is 11.1. The van der Waals surface area contributed by atoms with Gasteiger partial charge >= 0.3 is 5.97 Å². The van der Waals surface area contributed by atoms with Crippen molar-refractivity contribution in [3.8, 4) is 0 Å². The fourth-order valence-electron chi connectivity index (χ4n) is 1.71. The van der Waals surface area contributed by atoms with E-state index in [4.69, 9.17) is 5.11 Å². The van der Waals surface area contributed by atoms with Gasteiger partial charge in [0.1, 0.15) is 5.56 Å². The Kier molecular flexibility index (Phi) is 3.41. The average molecular weight is 224 g/mol. The molecule has 0 fully saturated rings. The van der Waals surface area contributed by atoms with Crippen molar-refractivity contribution in [1.29, 1.82) is 0 Å². The zero-order valence-corrected chi connectivity index (χ0v) is 10.6.